The zero-order valence-corrected chi connectivity index (χ0v) is 18.1. The zero-order valence-electron chi connectivity index (χ0n) is 15.7. The largest absolute Gasteiger partial charge is 0.495 e. The number of amides is 1. The Morgan fingerprint density at radius 3 is 2.44 bits per heavy atom. The van der Waals surface area contributed by atoms with Crippen molar-refractivity contribution in [1.82, 2.24) is 9.62 Å². The summed E-state index contributed by atoms with van der Waals surface area (Å²) in [5.41, 5.74) is 1.72. The van der Waals surface area contributed by atoms with Crippen molar-refractivity contribution in [3.8, 4) is 5.75 Å². The number of halogens is 1. The number of methoxy groups -OCH3 is 1. The van der Waals surface area contributed by atoms with Gasteiger partial charge in [-0.05, 0) is 49.2 Å². The molecule has 1 amide bonds. The molecule has 6 nitrogen and oxygen atoms in total. The van der Waals surface area contributed by atoms with Crippen LogP contribution >= 0.6 is 15.9 Å². The van der Waals surface area contributed by atoms with Gasteiger partial charge in [0.25, 0.3) is 0 Å². The van der Waals surface area contributed by atoms with E-state index in [9.17, 15) is 13.2 Å². The maximum absolute atomic E-state index is 12.9. The first kappa shape index (κ1) is 21.4. The number of hydrogen-bond acceptors (Lipinski definition) is 4. The molecule has 0 radical (unpaired) electrons. The number of sulfonamides is 1. The topological polar surface area (TPSA) is 75.7 Å². The first-order valence-electron chi connectivity index (χ1n) is 8.31. The van der Waals surface area contributed by atoms with E-state index in [4.69, 9.17) is 4.74 Å². The summed E-state index contributed by atoms with van der Waals surface area (Å²) < 4.78 is 32.8. The fraction of sp³-hybridized carbons (Fsp3) is 0.316. The van der Waals surface area contributed by atoms with Gasteiger partial charge in [0, 0.05) is 11.5 Å². The normalized spacial score (nSPS) is 12.7. The van der Waals surface area contributed by atoms with Crippen molar-refractivity contribution >= 4 is 31.9 Å². The molecular weight excluding hydrogens is 432 g/mol. The molecular formula is C19H23BrN2O4S. The summed E-state index contributed by atoms with van der Waals surface area (Å²) >= 11 is 3.37. The van der Waals surface area contributed by atoms with Crippen molar-refractivity contribution in [2.24, 2.45) is 0 Å². The van der Waals surface area contributed by atoms with E-state index in [1.54, 1.807) is 19.1 Å². The summed E-state index contributed by atoms with van der Waals surface area (Å²) in [7, 11) is -1.08. The first-order chi connectivity index (χ1) is 12.6. The molecule has 0 fully saturated rings. The van der Waals surface area contributed by atoms with E-state index >= 15 is 0 Å². The Balaban J connectivity index is 2.11. The van der Waals surface area contributed by atoms with Gasteiger partial charge in [-0.15, -0.1) is 0 Å². The summed E-state index contributed by atoms with van der Waals surface area (Å²) in [6, 6.07) is 12.2. The van der Waals surface area contributed by atoms with Crippen molar-refractivity contribution in [1.29, 1.82) is 0 Å². The SMILES string of the molecule is COc1ccc(C)cc1S(=O)(=O)N(C)CC(=O)NC(C)c1ccc(Br)cc1. The number of nitrogens with one attached hydrogen (secondary N) is 1. The molecule has 1 atom stereocenters. The minimum atomic E-state index is -3.86. The highest BCUT2D eigenvalue weighted by molar-refractivity contribution is 9.10. The number of aryl methyl sites for hydroxylation is 1. The second-order valence-electron chi connectivity index (χ2n) is 6.26. The molecule has 1 N–H and O–H groups in total. The molecule has 0 saturated carbocycles. The predicted molar refractivity (Wildman–Crippen MR) is 108 cm³/mol. The van der Waals surface area contributed by atoms with E-state index in [-0.39, 0.29) is 29.1 Å². The summed E-state index contributed by atoms with van der Waals surface area (Å²) in [6.07, 6.45) is 0. The minimum Gasteiger partial charge on any atom is -0.495 e. The van der Waals surface area contributed by atoms with Crippen LogP contribution in [0.1, 0.15) is 24.1 Å². The Kier molecular flexibility index (Phi) is 7.02. The van der Waals surface area contributed by atoms with Gasteiger partial charge in [-0.1, -0.05) is 34.1 Å². The summed E-state index contributed by atoms with van der Waals surface area (Å²) in [4.78, 5) is 12.4. The highest BCUT2D eigenvalue weighted by Crippen LogP contribution is 2.27. The molecule has 0 aliphatic rings. The second-order valence-corrected chi connectivity index (χ2v) is 9.19. The lowest BCUT2D eigenvalue weighted by molar-refractivity contribution is -0.121. The van der Waals surface area contributed by atoms with Gasteiger partial charge in [0.05, 0.1) is 19.7 Å². The van der Waals surface area contributed by atoms with Gasteiger partial charge >= 0.3 is 0 Å². The van der Waals surface area contributed by atoms with E-state index in [1.807, 2.05) is 31.2 Å². The number of nitrogens with zero attached hydrogens (tertiary/aromatic N) is 1. The third kappa shape index (κ3) is 5.31. The Morgan fingerprint density at radius 1 is 1.22 bits per heavy atom. The molecule has 146 valence electrons. The van der Waals surface area contributed by atoms with Crippen molar-refractivity contribution in [3.63, 3.8) is 0 Å². The van der Waals surface area contributed by atoms with Gasteiger partial charge in [-0.3, -0.25) is 4.79 Å². The molecule has 0 heterocycles. The average Bonchev–Trinajstić information content (AvgIpc) is 2.61. The third-order valence-corrected chi connectivity index (χ3v) is 6.47. The fourth-order valence-electron chi connectivity index (χ4n) is 2.56. The van der Waals surface area contributed by atoms with Gasteiger partial charge in [0.1, 0.15) is 10.6 Å². The molecule has 0 spiro atoms. The highest BCUT2D eigenvalue weighted by Gasteiger charge is 2.27. The lowest BCUT2D eigenvalue weighted by Crippen LogP contribution is -2.39. The van der Waals surface area contributed by atoms with E-state index in [2.05, 4.69) is 21.2 Å². The van der Waals surface area contributed by atoms with Crippen molar-refractivity contribution in [2.75, 3.05) is 20.7 Å². The Labute approximate surface area is 168 Å². The molecule has 0 aliphatic carbocycles. The lowest BCUT2D eigenvalue weighted by Gasteiger charge is -2.20. The van der Waals surface area contributed by atoms with Crippen LogP contribution in [0.25, 0.3) is 0 Å². The predicted octanol–water partition coefficient (Wildman–Crippen LogP) is 3.26. The molecule has 0 aliphatic heterocycles. The van der Waals surface area contributed by atoms with Gasteiger partial charge < -0.3 is 10.1 Å². The van der Waals surface area contributed by atoms with E-state index in [1.165, 1.54) is 20.2 Å². The van der Waals surface area contributed by atoms with Crippen LogP contribution in [-0.4, -0.2) is 39.3 Å². The zero-order chi connectivity index (χ0) is 20.2. The fourth-order valence-corrected chi connectivity index (χ4v) is 4.19. The maximum atomic E-state index is 12.9. The standard InChI is InChI=1S/C19H23BrN2O4S/c1-13-5-10-17(26-4)18(11-13)27(24,25)22(3)12-19(23)21-14(2)15-6-8-16(20)9-7-15/h5-11,14H,12H2,1-4H3,(H,21,23). The van der Waals surface area contributed by atoms with Gasteiger partial charge in [0.2, 0.25) is 15.9 Å². The lowest BCUT2D eigenvalue weighted by atomic mass is 10.1. The average molecular weight is 455 g/mol. The number of carbonyl (C=O) groups is 1. The van der Waals surface area contributed by atoms with Crippen molar-refractivity contribution in [2.45, 2.75) is 24.8 Å². The molecule has 2 aromatic carbocycles. The first-order valence-corrected chi connectivity index (χ1v) is 10.5. The van der Waals surface area contributed by atoms with Crippen LogP contribution in [0.2, 0.25) is 0 Å². The van der Waals surface area contributed by atoms with Crippen LogP contribution in [0, 0.1) is 6.92 Å². The molecule has 2 aromatic rings. The van der Waals surface area contributed by atoms with Crippen LogP contribution in [0.4, 0.5) is 0 Å². The second kappa shape index (κ2) is 8.86. The third-order valence-electron chi connectivity index (χ3n) is 4.12. The number of rotatable bonds is 7. The van der Waals surface area contributed by atoms with Crippen LogP contribution in [0.3, 0.4) is 0 Å². The van der Waals surface area contributed by atoms with Gasteiger partial charge in [0.15, 0.2) is 0 Å². The quantitative estimate of drug-likeness (QED) is 0.696. The Morgan fingerprint density at radius 2 is 1.85 bits per heavy atom. The summed E-state index contributed by atoms with van der Waals surface area (Å²) in [5.74, 6) is -0.140. The molecule has 0 bridgehead atoms. The molecule has 27 heavy (non-hydrogen) atoms. The monoisotopic (exact) mass is 454 g/mol. The molecule has 1 unspecified atom stereocenters. The molecule has 0 saturated heterocycles. The van der Waals surface area contributed by atoms with E-state index in [0.29, 0.717) is 0 Å². The number of ether oxygens (including phenoxy) is 1. The molecule has 8 heteroatoms. The summed E-state index contributed by atoms with van der Waals surface area (Å²) in [5, 5.41) is 2.82. The molecule has 0 aromatic heterocycles. The van der Waals surface area contributed by atoms with E-state index in [0.717, 1.165) is 19.9 Å². The van der Waals surface area contributed by atoms with Crippen molar-refractivity contribution in [3.05, 3.63) is 58.1 Å². The summed E-state index contributed by atoms with van der Waals surface area (Å²) in [6.45, 7) is 3.35. The van der Waals surface area contributed by atoms with Gasteiger partial charge in [-0.2, -0.15) is 4.31 Å². The van der Waals surface area contributed by atoms with Gasteiger partial charge in [-0.25, -0.2) is 8.42 Å². The van der Waals surface area contributed by atoms with Crippen molar-refractivity contribution < 1.29 is 17.9 Å². The Bertz CT molecular complexity index is 914. The molecule has 2 rings (SSSR count). The number of hydrogen-bond donors (Lipinski definition) is 1. The number of likely N-dealkylation sites (N-methyl/N-ethyl adjacent to an activating group) is 1. The number of carbonyl (C=O) groups excluding carboxylic acids is 1. The maximum Gasteiger partial charge on any atom is 0.246 e. The van der Waals surface area contributed by atoms with Crippen LogP contribution < -0.4 is 10.1 Å². The minimum absolute atomic E-state index is 0.0428. The van der Waals surface area contributed by atoms with Crippen LogP contribution in [0.5, 0.6) is 5.75 Å². The number of benzene rings is 2. The van der Waals surface area contributed by atoms with E-state index < -0.39 is 10.0 Å². The van der Waals surface area contributed by atoms with Crippen LogP contribution in [-0.2, 0) is 14.8 Å². The van der Waals surface area contributed by atoms with Crippen LogP contribution in [0.15, 0.2) is 51.8 Å². The smallest absolute Gasteiger partial charge is 0.246 e. The highest BCUT2D eigenvalue weighted by atomic mass is 79.9. The Hall–Kier alpha value is -1.90.